The number of nitrogens with one attached hydrogen (secondary N) is 1. The highest BCUT2D eigenvalue weighted by Crippen LogP contribution is 2.29. The lowest BCUT2D eigenvalue weighted by Crippen LogP contribution is -2.31. The molecule has 5 heteroatoms. The summed E-state index contributed by atoms with van der Waals surface area (Å²) in [7, 11) is 0. The molecule has 4 rings (SSSR count). The van der Waals surface area contributed by atoms with E-state index in [9.17, 15) is 0 Å². The van der Waals surface area contributed by atoms with Gasteiger partial charge in [-0.2, -0.15) is 0 Å². The fourth-order valence-electron chi connectivity index (χ4n) is 3.00. The van der Waals surface area contributed by atoms with Gasteiger partial charge in [-0.3, -0.25) is 9.97 Å². The molecule has 2 aromatic heterocycles. The Balaban J connectivity index is 1.83. The van der Waals surface area contributed by atoms with E-state index in [1.165, 1.54) is 12.8 Å². The van der Waals surface area contributed by atoms with E-state index in [0.29, 0.717) is 0 Å². The minimum absolute atomic E-state index is 0.785. The van der Waals surface area contributed by atoms with E-state index >= 15 is 0 Å². The summed E-state index contributed by atoms with van der Waals surface area (Å²) < 4.78 is 0. The number of fused-ring (bicyclic) bond motifs is 3. The lowest BCUT2D eigenvalue weighted by molar-refractivity contribution is 0.528. The molecule has 0 saturated carbocycles. The Labute approximate surface area is 134 Å². The van der Waals surface area contributed by atoms with Gasteiger partial charge in [0.2, 0.25) is 0 Å². The van der Waals surface area contributed by atoms with Crippen molar-refractivity contribution in [2.45, 2.75) is 12.8 Å². The topological polar surface area (TPSA) is 41.1 Å². The first kappa shape index (κ1) is 13.4. The number of benzene rings is 1. The summed E-state index contributed by atoms with van der Waals surface area (Å²) in [4.78, 5) is 11.2. The van der Waals surface area contributed by atoms with E-state index in [2.05, 4.69) is 38.4 Å². The first-order valence-electron chi connectivity index (χ1n) is 7.51. The Morgan fingerprint density at radius 2 is 1.77 bits per heavy atom. The first-order chi connectivity index (χ1) is 10.8. The minimum atomic E-state index is 0.785. The van der Waals surface area contributed by atoms with Crippen LogP contribution in [0.25, 0.3) is 21.8 Å². The molecule has 3 aromatic rings. The highest BCUT2D eigenvalue weighted by molar-refractivity contribution is 7.80. The Hall–Kier alpha value is -2.27. The summed E-state index contributed by atoms with van der Waals surface area (Å²) in [5, 5.41) is 6.31. The van der Waals surface area contributed by atoms with Crippen LogP contribution in [0.3, 0.4) is 0 Å². The quantitative estimate of drug-likeness (QED) is 0.550. The number of thiocarbonyl (C=S) groups is 1. The fraction of sp³-hybridized carbons (Fsp3) is 0.235. The molecule has 1 saturated heterocycles. The van der Waals surface area contributed by atoms with Gasteiger partial charge in [0.05, 0.1) is 16.7 Å². The van der Waals surface area contributed by atoms with Crippen molar-refractivity contribution in [1.29, 1.82) is 0 Å². The number of hydrogen-bond donors (Lipinski definition) is 1. The van der Waals surface area contributed by atoms with E-state index in [0.717, 1.165) is 45.7 Å². The Bertz CT molecular complexity index is 856. The van der Waals surface area contributed by atoms with Crippen LogP contribution in [-0.2, 0) is 0 Å². The van der Waals surface area contributed by atoms with Crippen LogP contribution in [-0.4, -0.2) is 33.1 Å². The molecule has 110 valence electrons. The van der Waals surface area contributed by atoms with Crippen molar-refractivity contribution in [3.05, 3.63) is 42.7 Å². The zero-order valence-corrected chi connectivity index (χ0v) is 12.9. The van der Waals surface area contributed by atoms with Gasteiger partial charge in [0.1, 0.15) is 0 Å². The highest BCUT2D eigenvalue weighted by atomic mass is 32.1. The number of anilines is 1. The SMILES string of the molecule is S=C(Nc1cc2cccnc2c2cccnc12)N1CCCC1. The van der Waals surface area contributed by atoms with E-state index < -0.39 is 0 Å². The molecule has 0 radical (unpaired) electrons. The molecule has 1 aromatic carbocycles. The molecule has 0 unspecified atom stereocenters. The second-order valence-corrected chi connectivity index (χ2v) is 5.91. The van der Waals surface area contributed by atoms with Crippen LogP contribution in [0.4, 0.5) is 5.69 Å². The third-order valence-electron chi connectivity index (χ3n) is 4.09. The highest BCUT2D eigenvalue weighted by Gasteiger charge is 2.16. The van der Waals surface area contributed by atoms with Gasteiger partial charge < -0.3 is 10.2 Å². The number of pyridine rings is 2. The van der Waals surface area contributed by atoms with Crippen LogP contribution < -0.4 is 5.32 Å². The maximum atomic E-state index is 5.55. The normalized spacial score (nSPS) is 14.6. The molecule has 1 fully saturated rings. The lowest BCUT2D eigenvalue weighted by Gasteiger charge is -2.20. The van der Waals surface area contributed by atoms with Crippen molar-refractivity contribution in [2.75, 3.05) is 18.4 Å². The monoisotopic (exact) mass is 308 g/mol. The largest absolute Gasteiger partial charge is 0.349 e. The average molecular weight is 308 g/mol. The van der Waals surface area contributed by atoms with Crippen LogP contribution >= 0.6 is 12.2 Å². The maximum Gasteiger partial charge on any atom is 0.173 e. The van der Waals surface area contributed by atoms with E-state index in [1.54, 1.807) is 6.20 Å². The van der Waals surface area contributed by atoms with E-state index in [-0.39, 0.29) is 0 Å². The van der Waals surface area contributed by atoms with Gasteiger partial charge in [-0.1, -0.05) is 6.07 Å². The van der Waals surface area contributed by atoms with Crippen molar-refractivity contribution in [3.8, 4) is 0 Å². The third kappa shape index (κ3) is 2.27. The summed E-state index contributed by atoms with van der Waals surface area (Å²) in [6.07, 6.45) is 6.04. The number of rotatable bonds is 1. The number of aromatic nitrogens is 2. The number of likely N-dealkylation sites (tertiary alicyclic amines) is 1. The standard InChI is InChI=1S/C17H16N4S/c22-17(21-9-1-2-10-21)20-14-11-12-5-3-7-18-15(12)13-6-4-8-19-16(13)14/h3-8,11H,1-2,9-10H2,(H,20,22). The van der Waals surface area contributed by atoms with Gasteiger partial charge in [-0.25, -0.2) is 0 Å². The predicted octanol–water partition coefficient (Wildman–Crippen LogP) is 3.58. The van der Waals surface area contributed by atoms with Crippen LogP contribution in [0.2, 0.25) is 0 Å². The molecule has 4 nitrogen and oxygen atoms in total. The van der Waals surface area contributed by atoms with Gasteiger partial charge >= 0.3 is 0 Å². The molecule has 0 bridgehead atoms. The van der Waals surface area contributed by atoms with Crippen LogP contribution in [0.1, 0.15) is 12.8 Å². The molecule has 1 aliphatic rings. The molecule has 1 N–H and O–H groups in total. The van der Waals surface area contributed by atoms with E-state index in [4.69, 9.17) is 12.2 Å². The van der Waals surface area contributed by atoms with Crippen LogP contribution in [0.5, 0.6) is 0 Å². The van der Waals surface area contributed by atoms with Gasteiger partial charge in [0.15, 0.2) is 5.11 Å². The molecule has 3 heterocycles. The Morgan fingerprint density at radius 1 is 1.05 bits per heavy atom. The zero-order chi connectivity index (χ0) is 14.9. The maximum absolute atomic E-state index is 5.55. The molecular formula is C17H16N4S. The van der Waals surface area contributed by atoms with Crippen LogP contribution in [0.15, 0.2) is 42.7 Å². The molecule has 22 heavy (non-hydrogen) atoms. The third-order valence-corrected chi connectivity index (χ3v) is 4.45. The summed E-state index contributed by atoms with van der Waals surface area (Å²) in [5.41, 5.74) is 2.84. The molecule has 0 spiro atoms. The van der Waals surface area contributed by atoms with Gasteiger partial charge in [-0.05, 0) is 49.3 Å². The van der Waals surface area contributed by atoms with Crippen LogP contribution in [0, 0.1) is 0 Å². The second-order valence-electron chi connectivity index (χ2n) is 5.52. The van der Waals surface area contributed by atoms with Gasteiger partial charge in [0.25, 0.3) is 0 Å². The smallest absolute Gasteiger partial charge is 0.173 e. The van der Waals surface area contributed by atoms with Crippen molar-refractivity contribution in [1.82, 2.24) is 14.9 Å². The summed E-state index contributed by atoms with van der Waals surface area (Å²) >= 11 is 5.55. The van der Waals surface area contributed by atoms with E-state index in [1.807, 2.05) is 18.3 Å². The average Bonchev–Trinajstić information content (AvgIpc) is 3.10. The van der Waals surface area contributed by atoms with Crippen molar-refractivity contribution in [2.24, 2.45) is 0 Å². The van der Waals surface area contributed by atoms with Crippen molar-refractivity contribution >= 4 is 44.8 Å². The lowest BCUT2D eigenvalue weighted by atomic mass is 10.1. The Kier molecular flexibility index (Phi) is 3.35. The number of hydrogen-bond acceptors (Lipinski definition) is 3. The predicted molar refractivity (Wildman–Crippen MR) is 94.1 cm³/mol. The first-order valence-corrected chi connectivity index (χ1v) is 7.92. The zero-order valence-electron chi connectivity index (χ0n) is 12.1. The molecule has 0 atom stereocenters. The van der Waals surface area contributed by atoms with Gasteiger partial charge in [0, 0.05) is 36.3 Å². The van der Waals surface area contributed by atoms with Crippen molar-refractivity contribution in [3.63, 3.8) is 0 Å². The van der Waals surface area contributed by atoms with Crippen molar-refractivity contribution < 1.29 is 0 Å². The summed E-state index contributed by atoms with van der Waals surface area (Å²) in [5.74, 6) is 0. The van der Waals surface area contributed by atoms with Gasteiger partial charge in [-0.15, -0.1) is 0 Å². The second kappa shape index (κ2) is 5.50. The molecule has 0 amide bonds. The summed E-state index contributed by atoms with van der Waals surface area (Å²) in [6, 6.07) is 10.1. The fourth-order valence-corrected chi connectivity index (χ4v) is 3.30. The minimum Gasteiger partial charge on any atom is -0.349 e. The molecular weight excluding hydrogens is 292 g/mol. The number of nitrogens with zero attached hydrogens (tertiary/aromatic N) is 3. The Morgan fingerprint density at radius 3 is 2.59 bits per heavy atom. The molecule has 0 aliphatic carbocycles. The summed E-state index contributed by atoms with van der Waals surface area (Å²) in [6.45, 7) is 2.07. The molecule has 1 aliphatic heterocycles.